The van der Waals surface area contributed by atoms with Crippen LogP contribution < -0.4 is 5.32 Å². The molecule has 2 rings (SSSR count). The first-order valence-corrected chi connectivity index (χ1v) is 11.0. The fourth-order valence-corrected chi connectivity index (χ4v) is 4.24. The van der Waals surface area contributed by atoms with E-state index in [1.165, 1.54) is 7.11 Å². The molecule has 10 nitrogen and oxygen atoms in total. The molecule has 2 heterocycles. The number of carbonyl (C=O) groups is 1. The van der Waals surface area contributed by atoms with Gasteiger partial charge < -0.3 is 45.1 Å². The standard InChI is InChI=1S/C22H39NO9/c1-11-9-22(30-6,32-13(3)12(11)2)18(27)20(29)23-19(28)15-8-16(26)21(4,5)17(31-15)7-14(25)10-24/h12-19,24-28H,1,7-10H2,2-6H3,(H,23,29)/t12-,13-,14+,15?,16-,17-,18-,19+,22-/m1/s1. The highest BCUT2D eigenvalue weighted by molar-refractivity contribution is 5.82. The average molecular weight is 462 g/mol. The van der Waals surface area contributed by atoms with E-state index in [9.17, 15) is 25.2 Å². The van der Waals surface area contributed by atoms with Crippen molar-refractivity contribution in [3.8, 4) is 0 Å². The summed E-state index contributed by atoms with van der Waals surface area (Å²) in [6, 6.07) is 0. The molecule has 0 radical (unpaired) electrons. The summed E-state index contributed by atoms with van der Waals surface area (Å²) in [6.45, 7) is 10.8. The highest BCUT2D eigenvalue weighted by Crippen LogP contribution is 2.40. The van der Waals surface area contributed by atoms with Gasteiger partial charge in [-0.1, -0.05) is 32.9 Å². The van der Waals surface area contributed by atoms with Gasteiger partial charge in [-0.15, -0.1) is 0 Å². The minimum Gasteiger partial charge on any atom is -0.394 e. The van der Waals surface area contributed by atoms with Crippen LogP contribution in [0.15, 0.2) is 12.2 Å². The lowest BCUT2D eigenvalue weighted by atomic mass is 9.74. The molecule has 186 valence electrons. The molecule has 2 aliphatic heterocycles. The summed E-state index contributed by atoms with van der Waals surface area (Å²) in [5, 5.41) is 53.2. The molecule has 0 aliphatic carbocycles. The third kappa shape index (κ3) is 5.51. The van der Waals surface area contributed by atoms with Gasteiger partial charge in [0.15, 0.2) is 12.3 Å². The van der Waals surface area contributed by atoms with Gasteiger partial charge in [0, 0.05) is 37.7 Å². The van der Waals surface area contributed by atoms with E-state index in [1.54, 1.807) is 20.8 Å². The number of rotatable bonds is 8. The van der Waals surface area contributed by atoms with Crippen LogP contribution in [0.5, 0.6) is 0 Å². The van der Waals surface area contributed by atoms with Gasteiger partial charge in [-0.2, -0.15) is 0 Å². The Hall–Kier alpha value is -1.11. The van der Waals surface area contributed by atoms with Crippen LogP contribution in [0.4, 0.5) is 0 Å². The van der Waals surface area contributed by atoms with E-state index >= 15 is 0 Å². The highest BCUT2D eigenvalue weighted by atomic mass is 16.7. The fourth-order valence-electron chi connectivity index (χ4n) is 4.24. The van der Waals surface area contributed by atoms with Gasteiger partial charge in [0.1, 0.15) is 6.10 Å². The molecule has 0 bridgehead atoms. The number of aliphatic hydroxyl groups is 5. The van der Waals surface area contributed by atoms with Gasteiger partial charge in [0.25, 0.3) is 5.91 Å². The van der Waals surface area contributed by atoms with Crippen molar-refractivity contribution in [3.63, 3.8) is 0 Å². The van der Waals surface area contributed by atoms with Crippen LogP contribution in [0, 0.1) is 11.3 Å². The Kier molecular flexibility index (Phi) is 8.85. The summed E-state index contributed by atoms with van der Waals surface area (Å²) >= 11 is 0. The van der Waals surface area contributed by atoms with Crippen molar-refractivity contribution in [1.82, 2.24) is 5.32 Å². The molecule has 1 unspecified atom stereocenters. The smallest absolute Gasteiger partial charge is 0.256 e. The molecule has 0 aromatic rings. The third-order valence-electron chi connectivity index (χ3n) is 7.04. The highest BCUT2D eigenvalue weighted by Gasteiger charge is 2.51. The Balaban J connectivity index is 2.09. The number of ether oxygens (including phenoxy) is 3. The van der Waals surface area contributed by atoms with E-state index in [4.69, 9.17) is 19.3 Å². The number of methoxy groups -OCH3 is 1. The molecule has 0 aromatic heterocycles. The Bertz CT molecular complexity index is 672. The van der Waals surface area contributed by atoms with Crippen molar-refractivity contribution in [2.24, 2.45) is 11.3 Å². The lowest BCUT2D eigenvalue weighted by Gasteiger charge is -2.47. The number of hydrogen-bond acceptors (Lipinski definition) is 9. The molecular formula is C22H39NO9. The molecule has 32 heavy (non-hydrogen) atoms. The SMILES string of the molecule is C=C1C[C@](OC)([C@H](O)C(=O)N[C@@H](O)C2C[C@@H](O)C(C)(C)[C@@H](C[C@H](O)CO)O2)O[C@H](C)[C@@H]1C. The van der Waals surface area contributed by atoms with Crippen LogP contribution in [-0.4, -0.2) is 93.8 Å². The molecule has 0 saturated carbocycles. The second-order valence-electron chi connectivity index (χ2n) is 9.63. The predicted molar refractivity (Wildman–Crippen MR) is 114 cm³/mol. The molecular weight excluding hydrogens is 422 g/mol. The van der Waals surface area contributed by atoms with E-state index in [-0.39, 0.29) is 31.3 Å². The number of aliphatic hydroxyl groups excluding tert-OH is 5. The molecule has 0 spiro atoms. The van der Waals surface area contributed by atoms with Crippen molar-refractivity contribution in [2.75, 3.05) is 13.7 Å². The van der Waals surface area contributed by atoms with Gasteiger partial charge in [0.2, 0.25) is 5.79 Å². The van der Waals surface area contributed by atoms with E-state index < -0.39 is 60.5 Å². The van der Waals surface area contributed by atoms with E-state index in [2.05, 4.69) is 11.9 Å². The van der Waals surface area contributed by atoms with E-state index in [1.807, 2.05) is 6.92 Å². The fraction of sp³-hybridized carbons (Fsp3) is 0.864. The first-order chi connectivity index (χ1) is 14.8. The summed E-state index contributed by atoms with van der Waals surface area (Å²) in [7, 11) is 1.32. The molecule has 9 atom stereocenters. The zero-order valence-corrected chi connectivity index (χ0v) is 19.5. The maximum Gasteiger partial charge on any atom is 0.256 e. The summed E-state index contributed by atoms with van der Waals surface area (Å²) in [5.74, 6) is -2.55. The zero-order chi connectivity index (χ0) is 24.4. The Morgan fingerprint density at radius 2 is 1.94 bits per heavy atom. The summed E-state index contributed by atoms with van der Waals surface area (Å²) in [6.07, 6.45) is -7.12. The van der Waals surface area contributed by atoms with Crippen LogP contribution in [0.3, 0.4) is 0 Å². The largest absolute Gasteiger partial charge is 0.394 e. The van der Waals surface area contributed by atoms with Crippen LogP contribution in [0.2, 0.25) is 0 Å². The van der Waals surface area contributed by atoms with Crippen molar-refractivity contribution >= 4 is 5.91 Å². The first-order valence-electron chi connectivity index (χ1n) is 11.0. The van der Waals surface area contributed by atoms with Crippen LogP contribution >= 0.6 is 0 Å². The Morgan fingerprint density at radius 1 is 1.31 bits per heavy atom. The maximum atomic E-state index is 12.8. The van der Waals surface area contributed by atoms with Gasteiger partial charge in [-0.25, -0.2) is 0 Å². The molecule has 10 heteroatoms. The Labute approximate surface area is 189 Å². The molecule has 0 aromatic carbocycles. The van der Waals surface area contributed by atoms with Gasteiger partial charge >= 0.3 is 0 Å². The summed E-state index contributed by atoms with van der Waals surface area (Å²) in [4.78, 5) is 12.8. The third-order valence-corrected chi connectivity index (χ3v) is 7.04. The minimum atomic E-state index is -1.76. The number of nitrogens with one attached hydrogen (secondary N) is 1. The normalized spacial score (nSPS) is 38.1. The molecule has 6 N–H and O–H groups in total. The molecule has 1 amide bonds. The predicted octanol–water partition coefficient (Wildman–Crippen LogP) is -0.586. The van der Waals surface area contributed by atoms with Crippen LogP contribution in [0.1, 0.15) is 47.0 Å². The van der Waals surface area contributed by atoms with Crippen molar-refractivity contribution in [3.05, 3.63) is 12.2 Å². The topological polar surface area (TPSA) is 158 Å². The van der Waals surface area contributed by atoms with Gasteiger partial charge in [-0.3, -0.25) is 4.79 Å². The quantitative estimate of drug-likeness (QED) is 0.205. The average Bonchev–Trinajstić information content (AvgIpc) is 2.73. The monoisotopic (exact) mass is 461 g/mol. The minimum absolute atomic E-state index is 0.0193. The maximum absolute atomic E-state index is 12.8. The zero-order valence-electron chi connectivity index (χ0n) is 19.5. The van der Waals surface area contributed by atoms with E-state index in [0.29, 0.717) is 0 Å². The Morgan fingerprint density at radius 3 is 2.47 bits per heavy atom. The second kappa shape index (κ2) is 10.4. The van der Waals surface area contributed by atoms with Crippen LogP contribution in [-0.2, 0) is 19.0 Å². The second-order valence-corrected chi connectivity index (χ2v) is 9.63. The molecule has 2 fully saturated rings. The number of hydrogen-bond donors (Lipinski definition) is 6. The van der Waals surface area contributed by atoms with E-state index in [0.717, 1.165) is 5.57 Å². The lowest BCUT2D eigenvalue weighted by molar-refractivity contribution is -0.298. The van der Waals surface area contributed by atoms with Crippen molar-refractivity contribution < 1.29 is 44.5 Å². The van der Waals surface area contributed by atoms with Crippen molar-refractivity contribution in [1.29, 1.82) is 0 Å². The van der Waals surface area contributed by atoms with Crippen LogP contribution in [0.25, 0.3) is 0 Å². The van der Waals surface area contributed by atoms with Crippen molar-refractivity contribution in [2.45, 2.75) is 95.6 Å². The first kappa shape index (κ1) is 27.1. The molecule has 2 aliphatic rings. The van der Waals surface area contributed by atoms with Gasteiger partial charge in [-0.05, 0) is 6.92 Å². The summed E-state index contributed by atoms with van der Waals surface area (Å²) in [5.41, 5.74) is 0.0170. The lowest BCUT2D eigenvalue weighted by Crippen LogP contribution is -2.62. The molecule has 2 saturated heterocycles. The number of carbonyl (C=O) groups excluding carboxylic acids is 1. The van der Waals surface area contributed by atoms with Gasteiger partial charge in [0.05, 0.1) is 31.0 Å². The number of amides is 1. The summed E-state index contributed by atoms with van der Waals surface area (Å²) < 4.78 is 17.1.